The van der Waals surface area contributed by atoms with Crippen molar-refractivity contribution in [2.24, 2.45) is 0 Å². The lowest BCUT2D eigenvalue weighted by Gasteiger charge is -2.07. The van der Waals surface area contributed by atoms with Gasteiger partial charge in [-0.15, -0.1) is 0 Å². The fourth-order valence-electron chi connectivity index (χ4n) is 1.52. The Kier molecular flexibility index (Phi) is 6.36. The van der Waals surface area contributed by atoms with Crippen LogP contribution in [0.3, 0.4) is 0 Å². The van der Waals surface area contributed by atoms with E-state index in [0.29, 0.717) is 12.2 Å². The minimum atomic E-state index is -0.487. The smallest absolute Gasteiger partial charge is 0.334 e. The van der Waals surface area contributed by atoms with Gasteiger partial charge in [0.05, 0.1) is 19.6 Å². The molecule has 102 valence electrons. The second-order valence-electron chi connectivity index (χ2n) is 3.78. The van der Waals surface area contributed by atoms with Gasteiger partial charge in [0, 0.05) is 5.57 Å². The summed E-state index contributed by atoms with van der Waals surface area (Å²) in [5, 5.41) is 0. The number of hydrogen-bond donors (Lipinski definition) is 0. The molecule has 1 aromatic carbocycles. The summed E-state index contributed by atoms with van der Waals surface area (Å²) >= 11 is 0. The molecule has 0 saturated carbocycles. The molecule has 0 N–H and O–H groups in total. The van der Waals surface area contributed by atoms with Gasteiger partial charge in [-0.2, -0.15) is 0 Å². The number of hydrogen-bond acceptors (Lipinski definition) is 4. The van der Waals surface area contributed by atoms with Crippen LogP contribution in [-0.2, 0) is 19.1 Å². The number of esters is 2. The lowest BCUT2D eigenvalue weighted by Crippen LogP contribution is -2.13. The predicted molar refractivity (Wildman–Crippen MR) is 72.3 cm³/mol. The average Bonchev–Trinajstić information content (AvgIpc) is 2.40. The van der Waals surface area contributed by atoms with Crippen LogP contribution in [0.5, 0.6) is 0 Å². The monoisotopic (exact) mass is 262 g/mol. The van der Waals surface area contributed by atoms with Crippen LogP contribution in [0.2, 0.25) is 0 Å². The quantitative estimate of drug-likeness (QED) is 0.584. The van der Waals surface area contributed by atoms with Crippen molar-refractivity contribution in [3.63, 3.8) is 0 Å². The van der Waals surface area contributed by atoms with E-state index in [1.165, 1.54) is 0 Å². The van der Waals surface area contributed by atoms with E-state index >= 15 is 0 Å². The molecule has 0 aliphatic rings. The molecule has 4 heteroatoms. The zero-order valence-corrected chi connectivity index (χ0v) is 11.2. The Hall–Kier alpha value is -2.10. The van der Waals surface area contributed by atoms with Crippen LogP contribution in [0, 0.1) is 0 Å². The summed E-state index contributed by atoms with van der Waals surface area (Å²) in [7, 11) is 0. The summed E-state index contributed by atoms with van der Waals surface area (Å²) < 4.78 is 9.79. The first kappa shape index (κ1) is 15.0. The molecule has 0 heterocycles. The third-order valence-electron chi connectivity index (χ3n) is 2.32. The molecule has 0 aliphatic heterocycles. The zero-order chi connectivity index (χ0) is 14.1. The van der Waals surface area contributed by atoms with Crippen molar-refractivity contribution in [2.75, 3.05) is 13.2 Å². The second kappa shape index (κ2) is 8.08. The molecule has 0 unspecified atom stereocenters. The topological polar surface area (TPSA) is 52.6 Å². The molecule has 0 aliphatic carbocycles. The van der Waals surface area contributed by atoms with E-state index in [1.807, 2.05) is 30.3 Å². The fraction of sp³-hybridized carbons (Fsp3) is 0.333. The second-order valence-corrected chi connectivity index (χ2v) is 3.78. The maximum atomic E-state index is 11.8. The summed E-state index contributed by atoms with van der Waals surface area (Å²) in [6, 6.07) is 9.30. The largest absolute Gasteiger partial charge is 0.466 e. The summed E-state index contributed by atoms with van der Waals surface area (Å²) in [5.41, 5.74) is 1.14. The Morgan fingerprint density at radius 1 is 1.05 bits per heavy atom. The summed E-state index contributed by atoms with van der Waals surface area (Å²) in [6.07, 6.45) is 1.57. The van der Waals surface area contributed by atoms with E-state index in [4.69, 9.17) is 9.47 Å². The first-order chi connectivity index (χ1) is 9.17. The van der Waals surface area contributed by atoms with Gasteiger partial charge in [-0.25, -0.2) is 4.79 Å². The predicted octanol–water partition coefficient (Wildman–Crippen LogP) is 2.59. The lowest BCUT2D eigenvalue weighted by molar-refractivity contribution is -0.145. The van der Waals surface area contributed by atoms with Gasteiger partial charge in [-0.05, 0) is 25.5 Å². The number of ether oxygens (including phenoxy) is 2. The highest BCUT2D eigenvalue weighted by Crippen LogP contribution is 2.12. The number of carbonyl (C=O) groups is 2. The highest BCUT2D eigenvalue weighted by atomic mass is 16.5. The Morgan fingerprint density at radius 2 is 1.68 bits per heavy atom. The molecule has 0 fully saturated rings. The van der Waals surface area contributed by atoms with Crippen LogP contribution in [0.25, 0.3) is 6.08 Å². The summed E-state index contributed by atoms with van der Waals surface area (Å²) in [4.78, 5) is 23.3. The van der Waals surface area contributed by atoms with Crippen LogP contribution in [0.4, 0.5) is 0 Å². The van der Waals surface area contributed by atoms with Crippen molar-refractivity contribution >= 4 is 18.0 Å². The van der Waals surface area contributed by atoms with E-state index in [0.717, 1.165) is 5.56 Å². The normalized spacial score (nSPS) is 10.9. The molecule has 0 amide bonds. The van der Waals surface area contributed by atoms with Crippen LogP contribution >= 0.6 is 0 Å². The van der Waals surface area contributed by atoms with Crippen molar-refractivity contribution < 1.29 is 19.1 Å². The van der Waals surface area contributed by atoms with Gasteiger partial charge in [-0.3, -0.25) is 4.79 Å². The number of rotatable bonds is 6. The third kappa shape index (κ3) is 5.38. The minimum absolute atomic E-state index is 0.0818. The maximum Gasteiger partial charge on any atom is 0.334 e. The molecule has 0 bridgehead atoms. The minimum Gasteiger partial charge on any atom is -0.466 e. The zero-order valence-electron chi connectivity index (χ0n) is 11.2. The van der Waals surface area contributed by atoms with Crippen molar-refractivity contribution in [3.05, 3.63) is 41.5 Å². The van der Waals surface area contributed by atoms with E-state index in [-0.39, 0.29) is 13.0 Å². The van der Waals surface area contributed by atoms with Crippen molar-refractivity contribution in [1.82, 2.24) is 0 Å². The Morgan fingerprint density at radius 3 is 2.26 bits per heavy atom. The van der Waals surface area contributed by atoms with Gasteiger partial charge < -0.3 is 9.47 Å². The highest BCUT2D eigenvalue weighted by Gasteiger charge is 2.15. The molecular formula is C15H18O4. The molecule has 4 nitrogen and oxygen atoms in total. The van der Waals surface area contributed by atoms with Crippen LogP contribution < -0.4 is 0 Å². The van der Waals surface area contributed by atoms with E-state index in [2.05, 4.69) is 0 Å². The molecule has 0 saturated heterocycles. The van der Waals surface area contributed by atoms with Crippen molar-refractivity contribution in [2.45, 2.75) is 20.3 Å². The van der Waals surface area contributed by atoms with Gasteiger partial charge in [0.1, 0.15) is 0 Å². The third-order valence-corrected chi connectivity index (χ3v) is 2.32. The lowest BCUT2D eigenvalue weighted by atomic mass is 10.1. The summed E-state index contributed by atoms with van der Waals surface area (Å²) in [5.74, 6) is -0.919. The maximum absolute atomic E-state index is 11.8. The number of benzene rings is 1. The fourth-order valence-corrected chi connectivity index (χ4v) is 1.52. The Labute approximate surface area is 113 Å². The molecule has 1 rings (SSSR count). The van der Waals surface area contributed by atoms with E-state index in [9.17, 15) is 9.59 Å². The molecule has 0 radical (unpaired) electrons. The highest BCUT2D eigenvalue weighted by molar-refractivity contribution is 5.98. The van der Waals surface area contributed by atoms with Gasteiger partial charge in [-0.1, -0.05) is 30.3 Å². The average molecular weight is 262 g/mol. The SMILES string of the molecule is CCOC(=O)C/C(=C/c1ccccc1)C(=O)OCC. The van der Waals surface area contributed by atoms with Gasteiger partial charge in [0.25, 0.3) is 0 Å². The van der Waals surface area contributed by atoms with Crippen LogP contribution in [0.1, 0.15) is 25.8 Å². The summed E-state index contributed by atoms with van der Waals surface area (Å²) in [6.45, 7) is 4.01. The molecule has 0 spiro atoms. The van der Waals surface area contributed by atoms with Crippen LogP contribution in [0.15, 0.2) is 35.9 Å². The molecule has 0 atom stereocenters. The van der Waals surface area contributed by atoms with Crippen molar-refractivity contribution in [3.8, 4) is 0 Å². The van der Waals surface area contributed by atoms with Crippen molar-refractivity contribution in [1.29, 1.82) is 0 Å². The molecule has 19 heavy (non-hydrogen) atoms. The van der Waals surface area contributed by atoms with E-state index in [1.54, 1.807) is 19.9 Å². The van der Waals surface area contributed by atoms with Gasteiger partial charge >= 0.3 is 11.9 Å². The standard InChI is InChI=1S/C15H18O4/c1-3-18-14(16)11-13(15(17)19-4-2)10-12-8-6-5-7-9-12/h5-10H,3-4,11H2,1-2H3/b13-10-. The first-order valence-corrected chi connectivity index (χ1v) is 6.25. The Bertz CT molecular complexity index is 448. The number of carbonyl (C=O) groups excluding carboxylic acids is 2. The molecular weight excluding hydrogens is 244 g/mol. The first-order valence-electron chi connectivity index (χ1n) is 6.25. The van der Waals surface area contributed by atoms with E-state index < -0.39 is 11.9 Å². The molecule has 1 aromatic rings. The van der Waals surface area contributed by atoms with Gasteiger partial charge in [0.2, 0.25) is 0 Å². The Balaban J connectivity index is 2.89. The molecule has 0 aromatic heterocycles. The van der Waals surface area contributed by atoms with Gasteiger partial charge in [0.15, 0.2) is 0 Å². The van der Waals surface area contributed by atoms with Crippen LogP contribution in [-0.4, -0.2) is 25.2 Å².